The fourth-order valence-electron chi connectivity index (χ4n) is 2.10. The number of benzene rings is 1. The summed E-state index contributed by atoms with van der Waals surface area (Å²) in [5.41, 5.74) is 2.45. The molecule has 0 fully saturated rings. The quantitative estimate of drug-likeness (QED) is 0.915. The summed E-state index contributed by atoms with van der Waals surface area (Å²) in [6.45, 7) is 0.688. The monoisotopic (exact) mass is 275 g/mol. The molecule has 2 aromatic rings. The van der Waals surface area contributed by atoms with E-state index >= 15 is 0 Å². The molecule has 0 saturated carbocycles. The average Bonchev–Trinajstić information content (AvgIpc) is 2.86. The van der Waals surface area contributed by atoms with Gasteiger partial charge in [0.1, 0.15) is 5.75 Å². The molecule has 0 unspecified atom stereocenters. The van der Waals surface area contributed by atoms with E-state index in [2.05, 4.69) is 4.98 Å². The van der Waals surface area contributed by atoms with Crippen molar-refractivity contribution in [1.82, 2.24) is 4.98 Å². The first-order valence-electron chi connectivity index (χ1n) is 5.81. The maximum absolute atomic E-state index is 11.0. The number of aromatic carboxylic acids is 1. The van der Waals surface area contributed by atoms with Crippen molar-refractivity contribution in [1.29, 1.82) is 0 Å². The number of carboxylic acid groups (broad SMARTS) is 1. The molecule has 0 radical (unpaired) electrons. The van der Waals surface area contributed by atoms with Crippen molar-refractivity contribution >= 4 is 17.6 Å². The molecule has 1 aliphatic rings. The first-order valence-corrected chi connectivity index (χ1v) is 6.19. The van der Waals surface area contributed by atoms with Crippen LogP contribution in [0, 0.1) is 0 Å². The van der Waals surface area contributed by atoms with Crippen LogP contribution in [-0.2, 0) is 6.42 Å². The van der Waals surface area contributed by atoms with Gasteiger partial charge in [-0.3, -0.25) is 0 Å². The molecule has 0 amide bonds. The fraction of sp³-hybridized carbons (Fsp3) is 0.143. The summed E-state index contributed by atoms with van der Waals surface area (Å²) >= 11 is 5.81. The van der Waals surface area contributed by atoms with Crippen molar-refractivity contribution in [3.8, 4) is 17.0 Å². The lowest BCUT2D eigenvalue weighted by Crippen LogP contribution is -2.02. The summed E-state index contributed by atoms with van der Waals surface area (Å²) in [4.78, 5) is 15.1. The minimum absolute atomic E-state index is 0.129. The summed E-state index contributed by atoms with van der Waals surface area (Å²) < 4.78 is 5.43. The van der Waals surface area contributed by atoms with Gasteiger partial charge in [-0.15, -0.1) is 0 Å². The minimum Gasteiger partial charge on any atom is -0.493 e. The molecule has 1 N–H and O–H groups in total. The highest BCUT2D eigenvalue weighted by Crippen LogP contribution is 2.30. The van der Waals surface area contributed by atoms with Crippen LogP contribution in [0.5, 0.6) is 5.75 Å². The number of nitrogens with zero attached hydrogens (tertiary/aromatic N) is 1. The van der Waals surface area contributed by atoms with Gasteiger partial charge in [0.2, 0.25) is 0 Å². The maximum Gasteiger partial charge on any atom is 0.356 e. The molecule has 1 aliphatic heterocycles. The predicted molar refractivity (Wildman–Crippen MR) is 70.8 cm³/mol. The molecular weight excluding hydrogens is 266 g/mol. The zero-order valence-electron chi connectivity index (χ0n) is 9.89. The highest BCUT2D eigenvalue weighted by molar-refractivity contribution is 6.33. The van der Waals surface area contributed by atoms with E-state index in [4.69, 9.17) is 21.4 Å². The van der Waals surface area contributed by atoms with Gasteiger partial charge in [-0.2, -0.15) is 0 Å². The largest absolute Gasteiger partial charge is 0.493 e. The lowest BCUT2D eigenvalue weighted by atomic mass is 10.1. The van der Waals surface area contributed by atoms with E-state index in [0.29, 0.717) is 12.3 Å². The number of halogens is 1. The zero-order valence-corrected chi connectivity index (χ0v) is 10.6. The number of aromatic nitrogens is 1. The molecule has 0 bridgehead atoms. The second-order valence-electron chi connectivity index (χ2n) is 4.25. The Labute approximate surface area is 114 Å². The Hall–Kier alpha value is -2.07. The highest BCUT2D eigenvalue weighted by atomic mass is 35.5. The van der Waals surface area contributed by atoms with Gasteiger partial charge in [0, 0.05) is 12.0 Å². The molecule has 2 heterocycles. The SMILES string of the molecule is O=C(O)c1nc(-c2ccc3c(c2)CCO3)ccc1Cl. The van der Waals surface area contributed by atoms with Crippen LogP contribution in [0.3, 0.4) is 0 Å². The van der Waals surface area contributed by atoms with Crippen molar-refractivity contribution in [3.63, 3.8) is 0 Å². The molecule has 0 saturated heterocycles. The third-order valence-corrected chi connectivity index (χ3v) is 3.34. The Morgan fingerprint density at radius 3 is 2.95 bits per heavy atom. The molecule has 1 aromatic carbocycles. The van der Waals surface area contributed by atoms with Crippen LogP contribution in [0.2, 0.25) is 5.02 Å². The van der Waals surface area contributed by atoms with Crippen molar-refractivity contribution < 1.29 is 14.6 Å². The third kappa shape index (κ3) is 2.15. The van der Waals surface area contributed by atoms with Crippen molar-refractivity contribution in [2.45, 2.75) is 6.42 Å². The van der Waals surface area contributed by atoms with Crippen molar-refractivity contribution in [2.75, 3.05) is 6.61 Å². The van der Waals surface area contributed by atoms with E-state index in [9.17, 15) is 4.79 Å². The van der Waals surface area contributed by atoms with E-state index in [1.165, 1.54) is 0 Å². The molecule has 1 aromatic heterocycles. The first kappa shape index (κ1) is 12.0. The lowest BCUT2D eigenvalue weighted by molar-refractivity contribution is 0.0691. The smallest absolute Gasteiger partial charge is 0.356 e. The molecule has 19 heavy (non-hydrogen) atoms. The Morgan fingerprint density at radius 2 is 2.16 bits per heavy atom. The number of rotatable bonds is 2. The van der Waals surface area contributed by atoms with Crippen LogP contribution < -0.4 is 4.74 Å². The molecule has 4 nitrogen and oxygen atoms in total. The van der Waals surface area contributed by atoms with Crippen LogP contribution in [0.25, 0.3) is 11.3 Å². The molecule has 96 valence electrons. The summed E-state index contributed by atoms with van der Waals surface area (Å²) in [6, 6.07) is 8.99. The van der Waals surface area contributed by atoms with Gasteiger partial charge in [0.25, 0.3) is 0 Å². The van der Waals surface area contributed by atoms with E-state index in [0.717, 1.165) is 23.3 Å². The number of fused-ring (bicyclic) bond motifs is 1. The fourth-order valence-corrected chi connectivity index (χ4v) is 2.28. The Bertz CT molecular complexity index is 670. The summed E-state index contributed by atoms with van der Waals surface area (Å²) in [6.07, 6.45) is 0.864. The molecule has 3 rings (SSSR count). The van der Waals surface area contributed by atoms with Crippen LogP contribution in [0.1, 0.15) is 16.1 Å². The number of hydrogen-bond donors (Lipinski definition) is 1. The Balaban J connectivity index is 2.07. The Morgan fingerprint density at radius 1 is 1.32 bits per heavy atom. The van der Waals surface area contributed by atoms with Gasteiger partial charge in [-0.05, 0) is 35.9 Å². The van der Waals surface area contributed by atoms with Crippen LogP contribution in [0.15, 0.2) is 30.3 Å². The maximum atomic E-state index is 11.0. The number of ether oxygens (including phenoxy) is 1. The van der Waals surface area contributed by atoms with Gasteiger partial charge in [-0.25, -0.2) is 9.78 Å². The number of pyridine rings is 1. The van der Waals surface area contributed by atoms with E-state index < -0.39 is 5.97 Å². The van der Waals surface area contributed by atoms with Gasteiger partial charge in [-0.1, -0.05) is 11.6 Å². The molecule has 5 heteroatoms. The molecular formula is C14H10ClNO3. The van der Waals surface area contributed by atoms with Gasteiger partial charge in [0.15, 0.2) is 5.69 Å². The van der Waals surface area contributed by atoms with E-state index in [-0.39, 0.29) is 10.7 Å². The number of carboxylic acids is 1. The van der Waals surface area contributed by atoms with E-state index in [1.54, 1.807) is 12.1 Å². The molecule has 0 atom stereocenters. The summed E-state index contributed by atoms with van der Waals surface area (Å²) in [7, 11) is 0. The number of carbonyl (C=O) groups is 1. The molecule has 0 spiro atoms. The van der Waals surface area contributed by atoms with Crippen LogP contribution in [-0.4, -0.2) is 22.7 Å². The summed E-state index contributed by atoms with van der Waals surface area (Å²) in [5, 5.41) is 9.16. The first-order chi connectivity index (χ1) is 9.15. The lowest BCUT2D eigenvalue weighted by Gasteiger charge is -2.05. The average molecular weight is 276 g/mol. The summed E-state index contributed by atoms with van der Waals surface area (Å²) in [5.74, 6) is -0.243. The molecule has 0 aliphatic carbocycles. The van der Waals surface area contributed by atoms with Gasteiger partial charge < -0.3 is 9.84 Å². The second kappa shape index (κ2) is 4.55. The number of hydrogen-bond acceptors (Lipinski definition) is 3. The standard InChI is InChI=1S/C14H10ClNO3/c15-10-2-3-11(16-13(10)14(17)18)8-1-4-12-9(7-8)5-6-19-12/h1-4,7H,5-6H2,(H,17,18). The predicted octanol–water partition coefficient (Wildman–Crippen LogP) is 3.04. The highest BCUT2D eigenvalue weighted by Gasteiger charge is 2.15. The van der Waals surface area contributed by atoms with Gasteiger partial charge >= 0.3 is 5.97 Å². The Kier molecular flexibility index (Phi) is 2.87. The van der Waals surface area contributed by atoms with E-state index in [1.807, 2.05) is 18.2 Å². The van der Waals surface area contributed by atoms with Crippen LogP contribution in [0.4, 0.5) is 0 Å². The normalized spacial score (nSPS) is 12.9. The third-order valence-electron chi connectivity index (χ3n) is 3.03. The van der Waals surface area contributed by atoms with Gasteiger partial charge in [0.05, 0.1) is 17.3 Å². The topological polar surface area (TPSA) is 59.4 Å². The van der Waals surface area contributed by atoms with Crippen LogP contribution >= 0.6 is 11.6 Å². The van der Waals surface area contributed by atoms with Crippen molar-refractivity contribution in [3.05, 3.63) is 46.6 Å². The minimum atomic E-state index is -1.13. The zero-order chi connectivity index (χ0) is 13.4. The second-order valence-corrected chi connectivity index (χ2v) is 4.66. The van der Waals surface area contributed by atoms with Crippen molar-refractivity contribution in [2.24, 2.45) is 0 Å².